The van der Waals surface area contributed by atoms with E-state index in [9.17, 15) is 24.9 Å². The maximum absolute atomic E-state index is 12.4. The molecule has 4 N–H and O–H groups in total. The average Bonchev–Trinajstić information content (AvgIpc) is 3.29. The van der Waals surface area contributed by atoms with Crippen molar-refractivity contribution in [2.75, 3.05) is 13.2 Å². The van der Waals surface area contributed by atoms with Gasteiger partial charge in [0, 0.05) is 23.0 Å². The molecule has 0 aliphatic heterocycles. The summed E-state index contributed by atoms with van der Waals surface area (Å²) in [5.41, 5.74) is 0.408. The van der Waals surface area contributed by atoms with Crippen LogP contribution in [0.3, 0.4) is 0 Å². The van der Waals surface area contributed by atoms with Crippen molar-refractivity contribution < 1.29 is 29.6 Å². The average molecular weight is 635 g/mol. The fourth-order valence-corrected chi connectivity index (χ4v) is 10.3. The topological polar surface area (TPSA) is 116 Å². The van der Waals surface area contributed by atoms with Crippen LogP contribution in [-0.4, -0.2) is 58.7 Å². The van der Waals surface area contributed by atoms with Crippen LogP contribution in [0.25, 0.3) is 0 Å². The lowest BCUT2D eigenvalue weighted by atomic mass is 9.43. The van der Waals surface area contributed by atoms with Gasteiger partial charge in [-0.1, -0.05) is 42.8 Å². The molecule has 41 heavy (non-hydrogen) atoms. The zero-order chi connectivity index (χ0) is 29.5. The lowest BCUT2D eigenvalue weighted by Crippen LogP contribution is -2.62. The van der Waals surface area contributed by atoms with Crippen molar-refractivity contribution in [3.05, 3.63) is 34.3 Å². The Morgan fingerprint density at radius 1 is 1.12 bits per heavy atom. The lowest BCUT2D eigenvalue weighted by Gasteiger charge is -2.63. The van der Waals surface area contributed by atoms with Crippen LogP contribution >= 0.6 is 15.9 Å². The summed E-state index contributed by atoms with van der Waals surface area (Å²) < 4.78 is 7.12. The standard InChI is InChI=1S/C33H48BrNO6/c1-19(7-10-29(38)39)24-8-9-25-30-26(18-28(37)33(24,25)3)32(2)12-11-23(16-21(32)17-27(30)36)41-14-13-35-31(40)20-5-4-6-22(34)15-20/h4-6,15,19,21,23-28,30,36-37H,7-14,16-18H2,1-3H3,(H,35,40)(H,38,39). The molecule has 0 spiro atoms. The number of aliphatic hydroxyl groups excluding tert-OH is 2. The number of rotatable bonds is 9. The number of benzene rings is 1. The van der Waals surface area contributed by atoms with Crippen LogP contribution < -0.4 is 5.32 Å². The van der Waals surface area contributed by atoms with E-state index in [1.54, 1.807) is 12.1 Å². The second-order valence-corrected chi connectivity index (χ2v) is 15.0. The molecule has 0 bridgehead atoms. The fourth-order valence-electron chi connectivity index (χ4n) is 9.94. The van der Waals surface area contributed by atoms with Crippen molar-refractivity contribution in [1.82, 2.24) is 5.32 Å². The number of ether oxygens (including phenoxy) is 1. The van der Waals surface area contributed by atoms with Gasteiger partial charge < -0.3 is 25.4 Å². The van der Waals surface area contributed by atoms with E-state index in [4.69, 9.17) is 4.74 Å². The maximum Gasteiger partial charge on any atom is 0.303 e. The Labute approximate surface area is 252 Å². The molecule has 0 radical (unpaired) electrons. The van der Waals surface area contributed by atoms with Crippen molar-refractivity contribution in [2.45, 2.75) is 96.9 Å². The Morgan fingerprint density at radius 2 is 1.90 bits per heavy atom. The molecule has 4 fully saturated rings. The number of amides is 1. The molecule has 0 heterocycles. The third-order valence-corrected chi connectivity index (χ3v) is 12.6. The minimum absolute atomic E-state index is 0.0635. The first-order chi connectivity index (χ1) is 19.4. The number of aliphatic hydroxyl groups is 2. The second kappa shape index (κ2) is 12.3. The first-order valence-corrected chi connectivity index (χ1v) is 16.5. The number of carbonyl (C=O) groups is 2. The van der Waals surface area contributed by atoms with Crippen molar-refractivity contribution in [2.24, 2.45) is 46.3 Å². The van der Waals surface area contributed by atoms with E-state index in [1.807, 2.05) is 12.1 Å². The highest BCUT2D eigenvalue weighted by Crippen LogP contribution is 2.68. The summed E-state index contributed by atoms with van der Waals surface area (Å²) in [5, 5.41) is 35.6. The monoisotopic (exact) mass is 633 g/mol. The van der Waals surface area contributed by atoms with Gasteiger partial charge in [-0.2, -0.15) is 0 Å². The highest BCUT2D eigenvalue weighted by Gasteiger charge is 2.65. The molecule has 228 valence electrons. The summed E-state index contributed by atoms with van der Waals surface area (Å²) in [7, 11) is 0. The summed E-state index contributed by atoms with van der Waals surface area (Å²) >= 11 is 3.41. The third kappa shape index (κ3) is 5.87. The molecule has 1 aromatic carbocycles. The molecular weight excluding hydrogens is 586 g/mol. The number of hydrogen-bond donors (Lipinski definition) is 4. The van der Waals surface area contributed by atoms with Gasteiger partial charge >= 0.3 is 5.97 Å². The molecule has 11 atom stereocenters. The molecule has 8 heteroatoms. The number of carbonyl (C=O) groups excluding carboxylic acids is 1. The maximum atomic E-state index is 12.4. The number of hydrogen-bond acceptors (Lipinski definition) is 5. The predicted molar refractivity (Wildman–Crippen MR) is 160 cm³/mol. The molecule has 4 aliphatic carbocycles. The molecule has 4 saturated carbocycles. The minimum atomic E-state index is -0.757. The van der Waals surface area contributed by atoms with Crippen LogP contribution in [0, 0.1) is 46.3 Å². The molecule has 1 aromatic rings. The van der Waals surface area contributed by atoms with Crippen molar-refractivity contribution in [3.8, 4) is 0 Å². The first-order valence-electron chi connectivity index (χ1n) is 15.7. The van der Waals surface area contributed by atoms with Gasteiger partial charge in [-0.3, -0.25) is 9.59 Å². The van der Waals surface area contributed by atoms with Crippen molar-refractivity contribution in [1.29, 1.82) is 0 Å². The Balaban J connectivity index is 1.19. The SMILES string of the molecule is CC(CCC(=O)O)C1CCC2C3C(O)CC4CC(OCCNC(=O)c5cccc(Br)c5)CCC4(C)C3CC(O)C12C. The van der Waals surface area contributed by atoms with Gasteiger partial charge in [0.1, 0.15) is 0 Å². The van der Waals surface area contributed by atoms with E-state index >= 15 is 0 Å². The van der Waals surface area contributed by atoms with Gasteiger partial charge in [0.2, 0.25) is 0 Å². The number of fused-ring (bicyclic) bond motifs is 5. The Bertz CT molecular complexity index is 1110. The van der Waals surface area contributed by atoms with Crippen LogP contribution in [0.5, 0.6) is 0 Å². The predicted octanol–water partition coefficient (Wildman–Crippen LogP) is 5.67. The molecule has 0 saturated heterocycles. The van der Waals surface area contributed by atoms with E-state index < -0.39 is 12.1 Å². The van der Waals surface area contributed by atoms with E-state index in [2.05, 4.69) is 42.0 Å². The van der Waals surface area contributed by atoms with Crippen LogP contribution in [0.1, 0.15) is 88.9 Å². The van der Waals surface area contributed by atoms with Crippen LogP contribution in [-0.2, 0) is 9.53 Å². The summed E-state index contributed by atoms with van der Waals surface area (Å²) in [5.74, 6) is 0.737. The smallest absolute Gasteiger partial charge is 0.303 e. The third-order valence-electron chi connectivity index (χ3n) is 12.1. The van der Waals surface area contributed by atoms with E-state index in [-0.39, 0.29) is 65.0 Å². The summed E-state index contributed by atoms with van der Waals surface area (Å²) in [4.78, 5) is 23.7. The van der Waals surface area contributed by atoms with Gasteiger partial charge in [-0.15, -0.1) is 0 Å². The molecule has 5 rings (SSSR count). The number of halogens is 1. The second-order valence-electron chi connectivity index (χ2n) is 14.0. The number of aliphatic carboxylic acids is 1. The summed E-state index contributed by atoms with van der Waals surface area (Å²) in [6.45, 7) is 7.70. The van der Waals surface area contributed by atoms with Crippen molar-refractivity contribution in [3.63, 3.8) is 0 Å². The van der Waals surface area contributed by atoms with Crippen LogP contribution in [0.15, 0.2) is 28.7 Å². The Hall–Kier alpha value is -1.48. The van der Waals surface area contributed by atoms with Gasteiger partial charge in [0.15, 0.2) is 0 Å². The number of carboxylic acid groups (broad SMARTS) is 1. The van der Waals surface area contributed by atoms with Gasteiger partial charge in [-0.05, 0) is 116 Å². The molecular formula is C33H48BrNO6. The van der Waals surface area contributed by atoms with E-state index in [0.29, 0.717) is 31.1 Å². The first kappa shape index (κ1) is 31.0. The molecule has 11 unspecified atom stereocenters. The van der Waals surface area contributed by atoms with Crippen molar-refractivity contribution >= 4 is 27.8 Å². The van der Waals surface area contributed by atoms with Gasteiger partial charge in [0.25, 0.3) is 5.91 Å². The largest absolute Gasteiger partial charge is 0.481 e. The van der Waals surface area contributed by atoms with E-state index in [0.717, 1.165) is 49.4 Å². The zero-order valence-corrected chi connectivity index (χ0v) is 26.3. The van der Waals surface area contributed by atoms with Crippen LogP contribution in [0.2, 0.25) is 0 Å². The molecule has 4 aliphatic rings. The fraction of sp³-hybridized carbons (Fsp3) is 0.758. The summed E-state index contributed by atoms with van der Waals surface area (Å²) in [6, 6.07) is 7.33. The summed E-state index contributed by atoms with van der Waals surface area (Å²) in [6.07, 6.45) is 6.50. The molecule has 1 amide bonds. The molecule has 0 aromatic heterocycles. The van der Waals surface area contributed by atoms with E-state index in [1.165, 1.54) is 0 Å². The highest BCUT2D eigenvalue weighted by atomic mass is 79.9. The minimum Gasteiger partial charge on any atom is -0.481 e. The van der Waals surface area contributed by atoms with Crippen LogP contribution in [0.4, 0.5) is 0 Å². The molecule has 7 nitrogen and oxygen atoms in total. The van der Waals surface area contributed by atoms with Gasteiger partial charge in [0.05, 0.1) is 24.9 Å². The van der Waals surface area contributed by atoms with Gasteiger partial charge in [-0.25, -0.2) is 0 Å². The Kier molecular flexibility index (Phi) is 9.25. The number of carboxylic acids is 1. The number of nitrogens with one attached hydrogen (secondary N) is 1. The quantitative estimate of drug-likeness (QED) is 0.261. The highest BCUT2D eigenvalue weighted by molar-refractivity contribution is 9.10. The normalized spacial score (nSPS) is 40.6. The lowest BCUT2D eigenvalue weighted by molar-refractivity contribution is -0.209. The zero-order valence-electron chi connectivity index (χ0n) is 24.7. The Morgan fingerprint density at radius 3 is 2.63 bits per heavy atom.